The highest BCUT2D eigenvalue weighted by Crippen LogP contribution is 2.30. The zero-order valence-corrected chi connectivity index (χ0v) is 11.6. The summed E-state index contributed by atoms with van der Waals surface area (Å²) in [5, 5.41) is 3.19. The summed E-state index contributed by atoms with van der Waals surface area (Å²) in [6.07, 6.45) is -3.01. The van der Waals surface area contributed by atoms with Gasteiger partial charge >= 0.3 is 6.36 Å². The number of ether oxygens (including phenoxy) is 2. The van der Waals surface area contributed by atoms with E-state index in [2.05, 4.69) is 26.0 Å². The molecular weight excluding hydrogens is 327 g/mol. The molecule has 1 fully saturated rings. The molecule has 1 heterocycles. The highest BCUT2D eigenvalue weighted by molar-refractivity contribution is 9.10. The average Bonchev–Trinajstić information content (AvgIpc) is 2.26. The zero-order chi connectivity index (χ0) is 13.9. The van der Waals surface area contributed by atoms with E-state index >= 15 is 0 Å². The molecule has 0 spiro atoms. The van der Waals surface area contributed by atoms with Crippen LogP contribution in [0.4, 0.5) is 18.9 Å². The van der Waals surface area contributed by atoms with E-state index in [4.69, 9.17) is 4.74 Å². The molecule has 0 unspecified atom stereocenters. The Hall–Kier alpha value is -0.950. The van der Waals surface area contributed by atoms with Crippen LogP contribution in [0.5, 0.6) is 5.75 Å². The van der Waals surface area contributed by atoms with Crippen LogP contribution in [0.15, 0.2) is 22.7 Å². The van der Waals surface area contributed by atoms with Gasteiger partial charge in [0, 0.05) is 35.5 Å². The van der Waals surface area contributed by atoms with E-state index in [1.807, 2.05) is 0 Å². The third-order valence-corrected chi connectivity index (χ3v) is 3.15. The van der Waals surface area contributed by atoms with Gasteiger partial charge in [-0.2, -0.15) is 0 Å². The van der Waals surface area contributed by atoms with Gasteiger partial charge in [0.15, 0.2) is 0 Å². The summed E-state index contributed by atoms with van der Waals surface area (Å²) in [6.45, 7) is 1.33. The van der Waals surface area contributed by atoms with Crippen molar-refractivity contribution in [2.75, 3.05) is 18.5 Å². The Balaban J connectivity index is 2.07. The van der Waals surface area contributed by atoms with Crippen LogP contribution in [0.25, 0.3) is 0 Å². The van der Waals surface area contributed by atoms with Crippen molar-refractivity contribution < 1.29 is 22.6 Å². The van der Waals surface area contributed by atoms with Crippen LogP contribution >= 0.6 is 15.9 Å². The number of hydrogen-bond acceptors (Lipinski definition) is 3. The highest BCUT2D eigenvalue weighted by Gasteiger charge is 2.31. The van der Waals surface area contributed by atoms with E-state index in [1.165, 1.54) is 12.1 Å². The molecule has 1 aromatic carbocycles. The van der Waals surface area contributed by atoms with Crippen LogP contribution in [-0.4, -0.2) is 25.6 Å². The smallest absolute Gasteiger partial charge is 0.406 e. The molecule has 1 aliphatic rings. The third-order valence-electron chi connectivity index (χ3n) is 2.70. The van der Waals surface area contributed by atoms with Gasteiger partial charge in [-0.1, -0.05) is 15.9 Å². The van der Waals surface area contributed by atoms with Crippen LogP contribution in [0.1, 0.15) is 12.8 Å². The van der Waals surface area contributed by atoms with Gasteiger partial charge in [0.2, 0.25) is 0 Å². The molecule has 0 atom stereocenters. The van der Waals surface area contributed by atoms with Gasteiger partial charge in [-0.3, -0.25) is 0 Å². The van der Waals surface area contributed by atoms with Crippen molar-refractivity contribution in [3.63, 3.8) is 0 Å². The molecule has 19 heavy (non-hydrogen) atoms. The Morgan fingerprint density at radius 2 is 1.89 bits per heavy atom. The summed E-state index contributed by atoms with van der Waals surface area (Å²) >= 11 is 3.17. The van der Waals surface area contributed by atoms with E-state index in [0.717, 1.165) is 12.8 Å². The fourth-order valence-corrected chi connectivity index (χ4v) is 2.39. The first-order chi connectivity index (χ1) is 8.92. The molecule has 0 bridgehead atoms. The van der Waals surface area contributed by atoms with Gasteiger partial charge < -0.3 is 14.8 Å². The summed E-state index contributed by atoms with van der Waals surface area (Å²) < 4.78 is 46.2. The van der Waals surface area contributed by atoms with E-state index < -0.39 is 6.36 Å². The summed E-state index contributed by atoms with van der Waals surface area (Å²) in [6, 6.07) is 4.55. The quantitative estimate of drug-likeness (QED) is 0.904. The first-order valence-electron chi connectivity index (χ1n) is 5.83. The zero-order valence-electron chi connectivity index (χ0n) is 9.97. The Morgan fingerprint density at radius 1 is 1.21 bits per heavy atom. The lowest BCUT2D eigenvalue weighted by Gasteiger charge is -2.24. The normalized spacial score (nSPS) is 17.3. The topological polar surface area (TPSA) is 30.5 Å². The monoisotopic (exact) mass is 339 g/mol. The van der Waals surface area contributed by atoms with E-state index in [9.17, 15) is 13.2 Å². The number of halogens is 4. The fraction of sp³-hybridized carbons (Fsp3) is 0.500. The SMILES string of the molecule is FC(F)(F)Oc1cc(Br)cc(NC2CCOCC2)c1. The van der Waals surface area contributed by atoms with Crippen molar-refractivity contribution in [1.29, 1.82) is 0 Å². The van der Waals surface area contributed by atoms with Crippen molar-refractivity contribution in [3.8, 4) is 5.75 Å². The van der Waals surface area contributed by atoms with Crippen LogP contribution in [-0.2, 0) is 4.74 Å². The summed E-state index contributed by atoms with van der Waals surface area (Å²) in [4.78, 5) is 0. The number of hydrogen-bond donors (Lipinski definition) is 1. The molecular formula is C12H13BrF3NO2. The van der Waals surface area contributed by atoms with Gasteiger partial charge in [0.05, 0.1) is 0 Å². The molecule has 106 valence electrons. The Morgan fingerprint density at radius 3 is 2.53 bits per heavy atom. The molecule has 1 aliphatic heterocycles. The van der Waals surface area contributed by atoms with Crippen LogP contribution in [0, 0.1) is 0 Å². The predicted octanol–water partition coefficient (Wildman–Crippen LogP) is 3.94. The maximum absolute atomic E-state index is 12.2. The second-order valence-electron chi connectivity index (χ2n) is 4.25. The first kappa shape index (κ1) is 14.5. The molecule has 1 N–H and O–H groups in total. The van der Waals surface area contributed by atoms with E-state index in [-0.39, 0.29) is 11.8 Å². The first-order valence-corrected chi connectivity index (χ1v) is 6.62. The minimum atomic E-state index is -4.68. The summed E-state index contributed by atoms with van der Waals surface area (Å²) in [5.74, 6) is -0.239. The lowest BCUT2D eigenvalue weighted by molar-refractivity contribution is -0.274. The average molecular weight is 340 g/mol. The van der Waals surface area contributed by atoms with Gasteiger partial charge in [0.25, 0.3) is 0 Å². The lowest BCUT2D eigenvalue weighted by atomic mass is 10.1. The van der Waals surface area contributed by atoms with Crippen LogP contribution < -0.4 is 10.1 Å². The highest BCUT2D eigenvalue weighted by atomic mass is 79.9. The Kier molecular flexibility index (Phi) is 4.57. The van der Waals surface area contributed by atoms with Gasteiger partial charge in [-0.25, -0.2) is 0 Å². The minimum Gasteiger partial charge on any atom is -0.406 e. The molecule has 1 aromatic rings. The molecule has 0 saturated carbocycles. The van der Waals surface area contributed by atoms with E-state index in [1.54, 1.807) is 6.07 Å². The third kappa shape index (κ3) is 4.91. The second kappa shape index (κ2) is 6.00. The fourth-order valence-electron chi connectivity index (χ4n) is 1.92. The van der Waals surface area contributed by atoms with Crippen molar-refractivity contribution in [2.45, 2.75) is 25.2 Å². The van der Waals surface area contributed by atoms with Crippen molar-refractivity contribution in [3.05, 3.63) is 22.7 Å². The number of rotatable bonds is 3. The minimum absolute atomic E-state index is 0.210. The molecule has 0 amide bonds. The molecule has 1 saturated heterocycles. The number of nitrogens with one attached hydrogen (secondary N) is 1. The van der Waals surface area contributed by atoms with Crippen molar-refractivity contribution in [1.82, 2.24) is 0 Å². The molecule has 3 nitrogen and oxygen atoms in total. The molecule has 2 rings (SSSR count). The maximum Gasteiger partial charge on any atom is 0.573 e. The standard InChI is InChI=1S/C12H13BrF3NO2/c13-8-5-10(17-9-1-3-18-4-2-9)7-11(6-8)19-12(14,15)16/h5-7,9,17H,1-4H2. The van der Waals surface area contributed by atoms with Crippen LogP contribution in [0.2, 0.25) is 0 Å². The molecule has 7 heteroatoms. The summed E-state index contributed by atoms with van der Waals surface area (Å²) in [7, 11) is 0. The lowest BCUT2D eigenvalue weighted by Crippen LogP contribution is -2.27. The number of benzene rings is 1. The number of anilines is 1. The number of alkyl halides is 3. The van der Waals surface area contributed by atoms with E-state index in [0.29, 0.717) is 23.4 Å². The molecule has 0 radical (unpaired) electrons. The van der Waals surface area contributed by atoms with Crippen molar-refractivity contribution >= 4 is 21.6 Å². The van der Waals surface area contributed by atoms with Gasteiger partial charge in [-0.15, -0.1) is 13.2 Å². The Labute approximate surface area is 117 Å². The summed E-state index contributed by atoms with van der Waals surface area (Å²) in [5.41, 5.74) is 0.598. The maximum atomic E-state index is 12.2. The van der Waals surface area contributed by atoms with Crippen molar-refractivity contribution in [2.24, 2.45) is 0 Å². The second-order valence-corrected chi connectivity index (χ2v) is 5.17. The largest absolute Gasteiger partial charge is 0.573 e. The predicted molar refractivity (Wildman–Crippen MR) is 68.3 cm³/mol. The van der Waals surface area contributed by atoms with Gasteiger partial charge in [0.1, 0.15) is 5.75 Å². The van der Waals surface area contributed by atoms with Gasteiger partial charge in [-0.05, 0) is 25.0 Å². The molecule has 0 aromatic heterocycles. The molecule has 0 aliphatic carbocycles. The Bertz CT molecular complexity index is 433. The van der Waals surface area contributed by atoms with Crippen LogP contribution in [0.3, 0.4) is 0 Å².